The molecule has 0 radical (unpaired) electrons. The number of azide groups is 1. The first kappa shape index (κ1) is 30.4. The standard InChI is InChI=1S/C30H45N3O7/c1-18(34)21-9-10-22-20-8-7-19-15-28(4,13-14-29(19,5)23(20)11-12-30(21,22)6)40-25(36)17-38-26(37)27(2,3)39-24(35)16-32-33-31/h19-23H,7-17H2,1-6H3/t19-,20-,21+,22-,23-,28+,29-,30+/m0/s1. The van der Waals surface area contributed by atoms with Crippen LogP contribution in [0.25, 0.3) is 10.4 Å². The molecule has 0 saturated heterocycles. The molecule has 4 rings (SSSR count). The average molecular weight is 560 g/mol. The van der Waals surface area contributed by atoms with Crippen LogP contribution >= 0.6 is 0 Å². The van der Waals surface area contributed by atoms with Crippen molar-refractivity contribution < 1.29 is 33.4 Å². The van der Waals surface area contributed by atoms with E-state index in [1.807, 2.05) is 6.92 Å². The summed E-state index contributed by atoms with van der Waals surface area (Å²) in [5.74, 6) is 0.569. The Kier molecular flexibility index (Phi) is 8.34. The lowest BCUT2D eigenvalue weighted by Crippen LogP contribution is -2.56. The fourth-order valence-corrected chi connectivity index (χ4v) is 9.23. The first-order chi connectivity index (χ1) is 18.6. The summed E-state index contributed by atoms with van der Waals surface area (Å²) in [6.45, 7) is 10.1. The van der Waals surface area contributed by atoms with Gasteiger partial charge in [0.15, 0.2) is 6.61 Å². The first-order valence-electron chi connectivity index (χ1n) is 14.8. The lowest BCUT2D eigenvalue weighted by Gasteiger charge is -2.62. The van der Waals surface area contributed by atoms with Crippen LogP contribution in [-0.2, 0) is 33.4 Å². The van der Waals surface area contributed by atoms with Crippen molar-refractivity contribution in [1.29, 1.82) is 0 Å². The summed E-state index contributed by atoms with van der Waals surface area (Å²) in [6, 6.07) is 0. The number of rotatable bonds is 8. The normalized spacial score (nSPS) is 38.5. The zero-order valence-corrected chi connectivity index (χ0v) is 24.9. The Hall–Kier alpha value is -2.61. The zero-order chi connectivity index (χ0) is 29.5. The van der Waals surface area contributed by atoms with Gasteiger partial charge in [0.1, 0.15) is 17.9 Å². The van der Waals surface area contributed by atoms with E-state index in [1.54, 1.807) is 6.92 Å². The van der Waals surface area contributed by atoms with Gasteiger partial charge in [-0.05, 0) is 126 Å². The van der Waals surface area contributed by atoms with Crippen molar-refractivity contribution in [2.45, 2.75) is 111 Å². The first-order valence-corrected chi connectivity index (χ1v) is 14.8. The van der Waals surface area contributed by atoms with E-state index in [1.165, 1.54) is 33.1 Å². The number of ether oxygens (including phenoxy) is 3. The maximum absolute atomic E-state index is 12.7. The number of esters is 3. The van der Waals surface area contributed by atoms with Crippen molar-refractivity contribution in [2.75, 3.05) is 13.2 Å². The van der Waals surface area contributed by atoms with Gasteiger partial charge in [0.2, 0.25) is 5.60 Å². The predicted octanol–water partition coefficient (Wildman–Crippen LogP) is 5.71. The summed E-state index contributed by atoms with van der Waals surface area (Å²) in [5, 5.41) is 3.11. The average Bonchev–Trinajstić information content (AvgIpc) is 3.23. The minimum Gasteiger partial charge on any atom is -0.457 e. The van der Waals surface area contributed by atoms with Crippen molar-refractivity contribution in [1.82, 2.24) is 0 Å². The van der Waals surface area contributed by atoms with Crippen LogP contribution in [-0.4, -0.2) is 48.0 Å². The van der Waals surface area contributed by atoms with Crippen LogP contribution in [0.3, 0.4) is 0 Å². The van der Waals surface area contributed by atoms with Gasteiger partial charge in [-0.1, -0.05) is 19.0 Å². The van der Waals surface area contributed by atoms with Crippen LogP contribution in [0.5, 0.6) is 0 Å². The Morgan fingerprint density at radius 2 is 1.62 bits per heavy atom. The Morgan fingerprint density at radius 3 is 2.30 bits per heavy atom. The second kappa shape index (κ2) is 11.0. The number of carbonyl (C=O) groups is 4. The second-order valence-corrected chi connectivity index (χ2v) is 14.0. The molecule has 0 aromatic rings. The van der Waals surface area contributed by atoms with Gasteiger partial charge in [0.25, 0.3) is 0 Å². The van der Waals surface area contributed by atoms with Crippen molar-refractivity contribution in [3.05, 3.63) is 10.4 Å². The van der Waals surface area contributed by atoms with Gasteiger partial charge in [-0.15, -0.1) is 0 Å². The van der Waals surface area contributed by atoms with Crippen LogP contribution in [0.15, 0.2) is 5.11 Å². The smallest absolute Gasteiger partial charge is 0.350 e. The van der Waals surface area contributed by atoms with Crippen molar-refractivity contribution in [3.8, 4) is 0 Å². The molecule has 10 heteroatoms. The molecule has 0 amide bonds. The summed E-state index contributed by atoms with van der Waals surface area (Å²) in [7, 11) is 0. The van der Waals surface area contributed by atoms with Gasteiger partial charge in [0, 0.05) is 10.8 Å². The molecule has 4 aliphatic rings. The molecule has 0 aliphatic heterocycles. The molecule has 0 heterocycles. The van der Waals surface area contributed by atoms with Gasteiger partial charge in [0.05, 0.1) is 0 Å². The highest BCUT2D eigenvalue weighted by Crippen LogP contribution is 2.68. The number of ketones is 1. The predicted molar refractivity (Wildman–Crippen MR) is 146 cm³/mol. The van der Waals surface area contributed by atoms with E-state index in [2.05, 4.69) is 23.9 Å². The quantitative estimate of drug-likeness (QED) is 0.122. The Bertz CT molecular complexity index is 1100. The fourth-order valence-electron chi connectivity index (χ4n) is 9.23. The molecule has 0 N–H and O–H groups in total. The van der Waals surface area contributed by atoms with E-state index in [9.17, 15) is 19.2 Å². The molecule has 4 aliphatic carbocycles. The van der Waals surface area contributed by atoms with Crippen molar-refractivity contribution in [3.63, 3.8) is 0 Å². The molecule has 0 unspecified atom stereocenters. The fraction of sp³-hybridized carbons (Fsp3) is 0.867. The van der Waals surface area contributed by atoms with Gasteiger partial charge < -0.3 is 14.2 Å². The van der Waals surface area contributed by atoms with E-state index in [4.69, 9.17) is 19.7 Å². The Balaban J connectivity index is 1.33. The molecule has 4 fully saturated rings. The highest BCUT2D eigenvalue weighted by atomic mass is 16.6. The highest BCUT2D eigenvalue weighted by Gasteiger charge is 2.61. The highest BCUT2D eigenvalue weighted by molar-refractivity contribution is 5.85. The van der Waals surface area contributed by atoms with E-state index in [-0.39, 0.29) is 16.7 Å². The Labute approximate surface area is 236 Å². The van der Waals surface area contributed by atoms with Crippen LogP contribution in [0.4, 0.5) is 0 Å². The topological polar surface area (TPSA) is 145 Å². The Morgan fingerprint density at radius 1 is 0.925 bits per heavy atom. The molecule has 10 nitrogen and oxygen atoms in total. The molecule has 40 heavy (non-hydrogen) atoms. The number of hydrogen-bond donors (Lipinski definition) is 0. The number of hydrogen-bond acceptors (Lipinski definition) is 8. The van der Waals surface area contributed by atoms with Crippen LogP contribution < -0.4 is 0 Å². The number of carbonyl (C=O) groups excluding carboxylic acids is 4. The lowest BCUT2D eigenvalue weighted by molar-refractivity contribution is -0.191. The molecule has 0 aromatic carbocycles. The minimum atomic E-state index is -1.64. The zero-order valence-electron chi connectivity index (χ0n) is 24.9. The number of nitrogens with zero attached hydrogens (tertiary/aromatic N) is 3. The summed E-state index contributed by atoms with van der Waals surface area (Å²) >= 11 is 0. The largest absolute Gasteiger partial charge is 0.457 e. The summed E-state index contributed by atoms with van der Waals surface area (Å²) in [6.07, 6.45) is 9.29. The third-order valence-corrected chi connectivity index (χ3v) is 11.2. The molecule has 8 atom stereocenters. The monoisotopic (exact) mass is 559 g/mol. The van der Waals surface area contributed by atoms with E-state index >= 15 is 0 Å². The van der Waals surface area contributed by atoms with Crippen LogP contribution in [0.1, 0.15) is 99.3 Å². The summed E-state index contributed by atoms with van der Waals surface area (Å²) < 4.78 is 16.0. The van der Waals surface area contributed by atoms with Gasteiger partial charge in [-0.2, -0.15) is 0 Å². The maximum Gasteiger partial charge on any atom is 0.350 e. The number of Topliss-reactive ketones (excluding diaryl/α,β-unsaturated/α-hetero) is 1. The third-order valence-electron chi connectivity index (χ3n) is 11.2. The molecular formula is C30H45N3O7. The minimum absolute atomic E-state index is 0.143. The van der Waals surface area contributed by atoms with Crippen molar-refractivity contribution in [2.24, 2.45) is 45.5 Å². The van der Waals surface area contributed by atoms with E-state index in [0.29, 0.717) is 29.5 Å². The van der Waals surface area contributed by atoms with E-state index in [0.717, 1.165) is 38.5 Å². The maximum atomic E-state index is 12.7. The van der Waals surface area contributed by atoms with Gasteiger partial charge >= 0.3 is 17.9 Å². The van der Waals surface area contributed by atoms with Crippen molar-refractivity contribution >= 4 is 23.7 Å². The van der Waals surface area contributed by atoms with Gasteiger partial charge in [-0.3, -0.25) is 9.59 Å². The van der Waals surface area contributed by atoms with Gasteiger partial charge in [-0.25, -0.2) is 9.59 Å². The molecular weight excluding hydrogens is 514 g/mol. The molecule has 0 spiro atoms. The second-order valence-electron chi connectivity index (χ2n) is 14.0. The SMILES string of the molecule is CC(=O)[C@H]1CC[C@H]2[C@@H]3CC[C@H]4C[C@](C)(OC(=O)COC(=O)C(C)(C)OC(=O)CN=[N+]=[N-])CC[C@]4(C)[C@H]3CC[C@]12C. The lowest BCUT2D eigenvalue weighted by atomic mass is 9.44. The number of fused-ring (bicyclic) bond motifs is 5. The van der Waals surface area contributed by atoms with Crippen LogP contribution in [0.2, 0.25) is 0 Å². The third kappa shape index (κ3) is 5.61. The van der Waals surface area contributed by atoms with Crippen LogP contribution in [0, 0.1) is 40.4 Å². The summed E-state index contributed by atoms with van der Waals surface area (Å²) in [5.41, 5.74) is 6.38. The molecule has 0 aromatic heterocycles. The molecule has 0 bridgehead atoms. The molecule has 222 valence electrons. The molecule has 4 saturated carbocycles. The summed E-state index contributed by atoms with van der Waals surface area (Å²) in [4.78, 5) is 51.8. The van der Waals surface area contributed by atoms with E-state index < -0.39 is 42.3 Å².